The molecule has 4 N–H and O–H groups in total. The van der Waals surface area contributed by atoms with Crippen molar-refractivity contribution in [2.75, 3.05) is 26.4 Å². The molecule has 0 aromatic carbocycles. The van der Waals surface area contributed by atoms with Gasteiger partial charge in [-0.25, -0.2) is 4.57 Å². The molecule has 0 saturated carbocycles. The van der Waals surface area contributed by atoms with Gasteiger partial charge in [-0.15, -0.1) is 0 Å². The summed E-state index contributed by atoms with van der Waals surface area (Å²) in [6, 6.07) is 0. The Labute approximate surface area is 297 Å². The molecule has 0 aromatic heterocycles. The van der Waals surface area contributed by atoms with Crippen LogP contribution in [0.2, 0.25) is 0 Å². The quantitative estimate of drug-likeness (QED) is 0.0190. The minimum absolute atomic E-state index is 0.0412. The van der Waals surface area contributed by atoms with E-state index in [1.807, 2.05) is 24.3 Å². The van der Waals surface area contributed by atoms with Crippen molar-refractivity contribution in [2.45, 2.75) is 167 Å². The second-order valence-corrected chi connectivity index (χ2v) is 14.1. The van der Waals surface area contributed by atoms with Crippen molar-refractivity contribution in [3.63, 3.8) is 0 Å². The largest absolute Gasteiger partial charge is 0.472 e. The number of nitrogens with two attached hydrogens (primary N) is 1. The Morgan fingerprint density at radius 2 is 1.29 bits per heavy atom. The SMILES string of the molecule is CC/C=C/CC(O)/C=C/C=C/CCCCCCCC(=O)O[C@H](COC(=O)CCCCCCCCCCCCCC)COP(=O)(O)OCCN. The molecule has 3 atom stereocenters. The van der Waals surface area contributed by atoms with Crippen LogP contribution in [0.1, 0.15) is 155 Å². The molecule has 0 heterocycles. The normalized spacial score (nSPS) is 14.5. The number of ether oxygens (including phenoxy) is 2. The second-order valence-electron chi connectivity index (χ2n) is 12.6. The average Bonchev–Trinajstić information content (AvgIpc) is 3.08. The molecule has 0 aliphatic carbocycles. The van der Waals surface area contributed by atoms with Gasteiger partial charge in [0.2, 0.25) is 0 Å². The summed E-state index contributed by atoms with van der Waals surface area (Å²) in [5.74, 6) is -0.883. The van der Waals surface area contributed by atoms with Gasteiger partial charge in [0.15, 0.2) is 6.10 Å². The summed E-state index contributed by atoms with van der Waals surface area (Å²) in [7, 11) is -4.39. The first-order valence-corrected chi connectivity index (χ1v) is 20.6. The predicted molar refractivity (Wildman–Crippen MR) is 198 cm³/mol. The highest BCUT2D eigenvalue weighted by Gasteiger charge is 2.26. The Morgan fingerprint density at radius 1 is 0.714 bits per heavy atom. The van der Waals surface area contributed by atoms with Gasteiger partial charge in [-0.05, 0) is 38.5 Å². The van der Waals surface area contributed by atoms with Crippen LogP contribution in [0.4, 0.5) is 0 Å². The third-order valence-corrected chi connectivity index (χ3v) is 8.85. The third-order valence-electron chi connectivity index (χ3n) is 7.87. The first-order chi connectivity index (χ1) is 23.7. The van der Waals surface area contributed by atoms with Crippen LogP contribution in [0.15, 0.2) is 36.5 Å². The van der Waals surface area contributed by atoms with Crippen LogP contribution in [-0.2, 0) is 32.7 Å². The van der Waals surface area contributed by atoms with Gasteiger partial charge < -0.3 is 25.2 Å². The monoisotopic (exact) mass is 715 g/mol. The molecule has 0 radical (unpaired) electrons. The number of esters is 2. The molecule has 10 nitrogen and oxygen atoms in total. The van der Waals surface area contributed by atoms with Crippen LogP contribution in [0.3, 0.4) is 0 Å². The highest BCUT2D eigenvalue weighted by atomic mass is 31.2. The molecular weight excluding hydrogens is 645 g/mol. The van der Waals surface area contributed by atoms with Crippen LogP contribution < -0.4 is 5.73 Å². The summed E-state index contributed by atoms with van der Waals surface area (Å²) in [4.78, 5) is 34.7. The van der Waals surface area contributed by atoms with Gasteiger partial charge in [0.25, 0.3) is 0 Å². The lowest BCUT2D eigenvalue weighted by Crippen LogP contribution is -2.29. The highest BCUT2D eigenvalue weighted by molar-refractivity contribution is 7.47. The van der Waals surface area contributed by atoms with Crippen molar-refractivity contribution in [2.24, 2.45) is 5.73 Å². The van der Waals surface area contributed by atoms with Crippen LogP contribution in [0.25, 0.3) is 0 Å². The first kappa shape index (κ1) is 47.2. The maximum Gasteiger partial charge on any atom is 0.472 e. The zero-order valence-electron chi connectivity index (χ0n) is 30.8. The number of hydrogen-bond acceptors (Lipinski definition) is 9. The van der Waals surface area contributed by atoms with Gasteiger partial charge in [0, 0.05) is 19.4 Å². The number of allylic oxidation sites excluding steroid dienone is 4. The summed E-state index contributed by atoms with van der Waals surface area (Å²) in [5.41, 5.74) is 5.32. The third kappa shape index (κ3) is 34.4. The molecule has 2 unspecified atom stereocenters. The molecule has 0 aliphatic rings. The number of phosphoric ester groups is 1. The summed E-state index contributed by atoms with van der Waals surface area (Å²) in [6.45, 7) is 3.46. The average molecular weight is 716 g/mol. The minimum Gasteiger partial charge on any atom is -0.462 e. The molecule has 0 saturated heterocycles. The lowest BCUT2D eigenvalue weighted by Gasteiger charge is -2.19. The molecule has 11 heteroatoms. The molecule has 49 heavy (non-hydrogen) atoms. The molecule has 0 aromatic rings. The number of phosphoric acid groups is 1. The van der Waals surface area contributed by atoms with Crippen LogP contribution >= 0.6 is 7.82 Å². The molecule has 0 amide bonds. The number of carbonyl (C=O) groups excluding carboxylic acids is 2. The Balaban J connectivity index is 4.30. The van der Waals surface area contributed by atoms with Crippen molar-refractivity contribution in [3.05, 3.63) is 36.5 Å². The molecule has 0 spiro atoms. The summed E-state index contributed by atoms with van der Waals surface area (Å²) >= 11 is 0. The van der Waals surface area contributed by atoms with Gasteiger partial charge in [0.1, 0.15) is 6.61 Å². The van der Waals surface area contributed by atoms with Crippen molar-refractivity contribution >= 4 is 19.8 Å². The zero-order valence-corrected chi connectivity index (χ0v) is 31.7. The van der Waals surface area contributed by atoms with Crippen LogP contribution in [0, 0.1) is 0 Å². The number of hydrogen-bond donors (Lipinski definition) is 3. The highest BCUT2D eigenvalue weighted by Crippen LogP contribution is 2.43. The molecule has 286 valence electrons. The van der Waals surface area contributed by atoms with E-state index in [9.17, 15) is 24.2 Å². The maximum atomic E-state index is 12.5. The van der Waals surface area contributed by atoms with Crippen molar-refractivity contribution in [1.29, 1.82) is 0 Å². The predicted octanol–water partition coefficient (Wildman–Crippen LogP) is 9.19. The molecular formula is C38H70NO9P. The van der Waals surface area contributed by atoms with Gasteiger partial charge in [-0.2, -0.15) is 0 Å². The number of unbranched alkanes of at least 4 members (excludes halogenated alkanes) is 16. The number of rotatable bonds is 35. The van der Waals surface area contributed by atoms with E-state index in [0.717, 1.165) is 57.8 Å². The fourth-order valence-electron chi connectivity index (χ4n) is 5.02. The Bertz CT molecular complexity index is 925. The van der Waals surface area contributed by atoms with E-state index in [-0.39, 0.29) is 32.6 Å². The molecule has 0 aliphatic heterocycles. The number of aliphatic hydroxyl groups is 1. The summed E-state index contributed by atoms with van der Waals surface area (Å²) < 4.78 is 32.6. The Morgan fingerprint density at radius 3 is 1.88 bits per heavy atom. The Hall–Kier alpha value is -1.81. The molecule has 0 bridgehead atoms. The minimum atomic E-state index is -4.39. The van der Waals surface area contributed by atoms with Gasteiger partial charge >= 0.3 is 19.8 Å². The van der Waals surface area contributed by atoms with Crippen LogP contribution in [-0.4, -0.2) is 60.5 Å². The standard InChI is InChI=1S/C38H70NO9P/c1-3-5-7-8-9-10-11-12-15-18-21-25-29-37(41)45-33-36(34-47-49(43,44)46-32-31-39)48-38(42)30-26-22-19-16-13-14-17-20-24-28-35(40)27-23-6-4-2/h6,17,20,23-24,28,35-36,40H,3-5,7-16,18-19,21-22,25-27,29-34,39H2,1-2H3,(H,43,44)/b20-17+,23-6+,28-24+/t35?,36-/m1/s1. The van der Waals surface area contributed by atoms with E-state index < -0.39 is 38.6 Å². The van der Waals surface area contributed by atoms with E-state index in [0.29, 0.717) is 12.8 Å². The van der Waals surface area contributed by atoms with E-state index >= 15 is 0 Å². The van der Waals surface area contributed by atoms with E-state index in [4.69, 9.17) is 24.3 Å². The fourth-order valence-corrected chi connectivity index (χ4v) is 5.79. The summed E-state index contributed by atoms with van der Waals surface area (Å²) in [5, 5.41) is 9.85. The molecule has 0 rings (SSSR count). The van der Waals surface area contributed by atoms with Crippen molar-refractivity contribution in [1.82, 2.24) is 0 Å². The van der Waals surface area contributed by atoms with Crippen LogP contribution in [0.5, 0.6) is 0 Å². The van der Waals surface area contributed by atoms with E-state index in [2.05, 4.69) is 19.9 Å². The zero-order chi connectivity index (χ0) is 36.3. The Kier molecular flexibility index (Phi) is 33.4. The van der Waals surface area contributed by atoms with E-state index in [1.54, 1.807) is 6.08 Å². The first-order valence-electron chi connectivity index (χ1n) is 19.1. The number of aliphatic hydroxyl groups excluding tert-OH is 1. The van der Waals surface area contributed by atoms with E-state index in [1.165, 1.54) is 57.8 Å². The maximum absolute atomic E-state index is 12.5. The van der Waals surface area contributed by atoms with Crippen molar-refractivity contribution in [3.8, 4) is 0 Å². The summed E-state index contributed by atoms with van der Waals surface area (Å²) in [6.07, 6.45) is 32.2. The van der Waals surface area contributed by atoms with Gasteiger partial charge in [-0.1, -0.05) is 140 Å². The van der Waals surface area contributed by atoms with Gasteiger partial charge in [-0.3, -0.25) is 18.6 Å². The molecule has 0 fully saturated rings. The fraction of sp³-hybridized carbons (Fsp3) is 0.789. The second kappa shape index (κ2) is 34.6. The van der Waals surface area contributed by atoms with Crippen molar-refractivity contribution < 1.29 is 42.7 Å². The smallest absolute Gasteiger partial charge is 0.462 e. The lowest BCUT2D eigenvalue weighted by atomic mass is 10.0. The van der Waals surface area contributed by atoms with Gasteiger partial charge in [0.05, 0.1) is 19.3 Å². The lowest BCUT2D eigenvalue weighted by molar-refractivity contribution is -0.161. The topological polar surface area (TPSA) is 155 Å². The number of carbonyl (C=O) groups is 2.